The summed E-state index contributed by atoms with van der Waals surface area (Å²) in [5, 5.41) is 3.90. The summed E-state index contributed by atoms with van der Waals surface area (Å²) in [6, 6.07) is 12.4. The van der Waals surface area contributed by atoms with Crippen molar-refractivity contribution in [3.63, 3.8) is 0 Å². The summed E-state index contributed by atoms with van der Waals surface area (Å²) in [7, 11) is -3.60. The summed E-state index contributed by atoms with van der Waals surface area (Å²) in [4.78, 5) is 0.305. The average Bonchev–Trinajstić information content (AvgIpc) is 3.20. The minimum absolute atomic E-state index is 0.207. The van der Waals surface area contributed by atoms with E-state index >= 15 is 0 Å². The molecule has 0 aliphatic heterocycles. The number of hydrogen-bond donors (Lipinski definition) is 0. The van der Waals surface area contributed by atoms with E-state index in [4.69, 9.17) is 4.42 Å². The summed E-state index contributed by atoms with van der Waals surface area (Å²) in [6.45, 7) is 2.41. The van der Waals surface area contributed by atoms with E-state index in [1.807, 2.05) is 29.8 Å². The molecule has 0 aliphatic carbocycles. The number of sulfonamides is 1. The van der Waals surface area contributed by atoms with Crippen LogP contribution in [0, 0.1) is 6.92 Å². The van der Waals surface area contributed by atoms with Gasteiger partial charge in [0, 0.05) is 6.54 Å². The third kappa shape index (κ3) is 3.72. The maximum atomic E-state index is 13.0. The van der Waals surface area contributed by atoms with Gasteiger partial charge in [0.05, 0.1) is 17.7 Å². The molecule has 1 aromatic carbocycles. The Bertz CT molecular complexity index is 817. The molecule has 0 saturated heterocycles. The van der Waals surface area contributed by atoms with E-state index in [0.717, 1.165) is 11.1 Å². The van der Waals surface area contributed by atoms with Crippen LogP contribution >= 0.6 is 11.3 Å². The summed E-state index contributed by atoms with van der Waals surface area (Å²) in [6.07, 6.45) is 1.55. The van der Waals surface area contributed by atoms with Gasteiger partial charge < -0.3 is 4.42 Å². The molecule has 0 bridgehead atoms. The zero-order chi connectivity index (χ0) is 16.3. The van der Waals surface area contributed by atoms with Crippen LogP contribution in [-0.4, -0.2) is 12.7 Å². The molecular formula is C17H17NO3S2. The van der Waals surface area contributed by atoms with Gasteiger partial charge >= 0.3 is 0 Å². The Kier molecular flexibility index (Phi) is 4.66. The predicted molar refractivity (Wildman–Crippen MR) is 90.6 cm³/mol. The largest absolute Gasteiger partial charge is 0.468 e. The highest BCUT2D eigenvalue weighted by atomic mass is 32.2. The van der Waals surface area contributed by atoms with E-state index in [1.165, 1.54) is 4.31 Å². The van der Waals surface area contributed by atoms with Crippen molar-refractivity contribution < 1.29 is 12.8 Å². The predicted octanol–water partition coefficient (Wildman–Crippen LogP) is 4.04. The Hall–Kier alpha value is -1.89. The number of rotatable bonds is 6. The first-order chi connectivity index (χ1) is 11.1. The van der Waals surface area contributed by atoms with Crippen molar-refractivity contribution in [3.8, 4) is 0 Å². The summed E-state index contributed by atoms with van der Waals surface area (Å²) >= 11 is 1.55. The van der Waals surface area contributed by atoms with Gasteiger partial charge in [0.25, 0.3) is 0 Å². The normalized spacial score (nSPS) is 11.9. The average molecular weight is 347 g/mol. The maximum absolute atomic E-state index is 13.0. The molecular weight excluding hydrogens is 330 g/mol. The van der Waals surface area contributed by atoms with Crippen LogP contribution in [0.25, 0.3) is 0 Å². The fraction of sp³-hybridized carbons (Fsp3) is 0.176. The van der Waals surface area contributed by atoms with Crippen molar-refractivity contribution in [1.29, 1.82) is 0 Å². The van der Waals surface area contributed by atoms with Crippen molar-refractivity contribution in [1.82, 2.24) is 4.31 Å². The highest BCUT2D eigenvalue weighted by molar-refractivity contribution is 7.89. The number of aryl methyl sites for hydroxylation is 1. The third-order valence-corrected chi connectivity index (χ3v) is 6.00. The second kappa shape index (κ2) is 6.70. The molecule has 2 heterocycles. The molecule has 0 amide bonds. The second-order valence-corrected chi connectivity index (χ2v) is 8.02. The minimum Gasteiger partial charge on any atom is -0.468 e. The number of hydrogen-bond acceptors (Lipinski definition) is 4. The lowest BCUT2D eigenvalue weighted by atomic mass is 10.2. The standard InChI is InChI=1S/C17H17NO3S2/c1-14-4-2-6-17(10-14)23(19,20)18(11-15-7-9-22-13-15)12-16-5-3-8-21-16/h2-10,13H,11-12H2,1H3. The zero-order valence-electron chi connectivity index (χ0n) is 12.7. The lowest BCUT2D eigenvalue weighted by Gasteiger charge is -2.21. The van der Waals surface area contributed by atoms with Gasteiger partial charge in [-0.2, -0.15) is 15.6 Å². The van der Waals surface area contributed by atoms with Crippen LogP contribution in [-0.2, 0) is 23.1 Å². The Morgan fingerprint density at radius 2 is 2.00 bits per heavy atom. The van der Waals surface area contributed by atoms with Crippen LogP contribution in [0.15, 0.2) is 68.8 Å². The van der Waals surface area contributed by atoms with E-state index < -0.39 is 10.0 Å². The lowest BCUT2D eigenvalue weighted by Crippen LogP contribution is -2.30. The number of benzene rings is 1. The van der Waals surface area contributed by atoms with Gasteiger partial charge in [0.1, 0.15) is 5.76 Å². The quantitative estimate of drug-likeness (QED) is 0.676. The van der Waals surface area contributed by atoms with Gasteiger partial charge in [-0.3, -0.25) is 0 Å². The first-order valence-corrected chi connectivity index (χ1v) is 9.54. The van der Waals surface area contributed by atoms with Crippen LogP contribution in [0.4, 0.5) is 0 Å². The van der Waals surface area contributed by atoms with Crippen LogP contribution in [0.5, 0.6) is 0 Å². The molecule has 0 radical (unpaired) electrons. The van der Waals surface area contributed by atoms with Crippen LogP contribution in [0.3, 0.4) is 0 Å². The van der Waals surface area contributed by atoms with Gasteiger partial charge in [-0.05, 0) is 59.1 Å². The van der Waals surface area contributed by atoms with E-state index in [2.05, 4.69) is 0 Å². The Morgan fingerprint density at radius 1 is 1.13 bits per heavy atom. The van der Waals surface area contributed by atoms with Gasteiger partial charge in [-0.15, -0.1) is 0 Å². The smallest absolute Gasteiger partial charge is 0.243 e. The van der Waals surface area contributed by atoms with Crippen molar-refractivity contribution in [2.75, 3.05) is 0 Å². The zero-order valence-corrected chi connectivity index (χ0v) is 14.3. The van der Waals surface area contributed by atoms with E-state index in [0.29, 0.717) is 17.2 Å². The molecule has 0 atom stereocenters. The number of nitrogens with zero attached hydrogens (tertiary/aromatic N) is 1. The minimum atomic E-state index is -3.60. The SMILES string of the molecule is Cc1cccc(S(=O)(=O)N(Cc2ccsc2)Cc2ccco2)c1. The van der Waals surface area contributed by atoms with Crippen LogP contribution < -0.4 is 0 Å². The summed E-state index contributed by atoms with van der Waals surface area (Å²) in [5.74, 6) is 0.622. The summed E-state index contributed by atoms with van der Waals surface area (Å²) in [5.41, 5.74) is 1.89. The highest BCUT2D eigenvalue weighted by Gasteiger charge is 2.26. The fourth-order valence-electron chi connectivity index (χ4n) is 2.31. The molecule has 0 aliphatic rings. The Morgan fingerprint density at radius 3 is 2.65 bits per heavy atom. The molecule has 23 heavy (non-hydrogen) atoms. The van der Waals surface area contributed by atoms with Crippen molar-refractivity contribution in [3.05, 3.63) is 76.4 Å². The first kappa shape index (κ1) is 16.0. The number of furan rings is 1. The number of thiophene rings is 1. The van der Waals surface area contributed by atoms with Gasteiger partial charge in [-0.25, -0.2) is 8.42 Å². The third-order valence-electron chi connectivity index (χ3n) is 3.48. The molecule has 0 saturated carbocycles. The fourth-order valence-corrected chi connectivity index (χ4v) is 4.47. The van der Waals surface area contributed by atoms with Gasteiger partial charge in [0.15, 0.2) is 0 Å². The lowest BCUT2D eigenvalue weighted by molar-refractivity contribution is 0.359. The Labute approximate surface area is 140 Å². The molecule has 3 aromatic rings. The Balaban J connectivity index is 1.95. The molecule has 0 unspecified atom stereocenters. The maximum Gasteiger partial charge on any atom is 0.243 e. The molecule has 120 valence electrons. The van der Waals surface area contributed by atoms with Crippen LogP contribution in [0.2, 0.25) is 0 Å². The van der Waals surface area contributed by atoms with Crippen molar-refractivity contribution >= 4 is 21.4 Å². The molecule has 0 spiro atoms. The van der Waals surface area contributed by atoms with E-state index in [9.17, 15) is 8.42 Å². The molecule has 6 heteroatoms. The van der Waals surface area contributed by atoms with E-state index in [-0.39, 0.29) is 6.54 Å². The van der Waals surface area contributed by atoms with Crippen molar-refractivity contribution in [2.24, 2.45) is 0 Å². The topological polar surface area (TPSA) is 50.5 Å². The molecule has 4 nitrogen and oxygen atoms in total. The summed E-state index contributed by atoms with van der Waals surface area (Å²) < 4.78 is 32.8. The molecule has 3 rings (SSSR count). The monoisotopic (exact) mass is 347 g/mol. The van der Waals surface area contributed by atoms with E-state index in [1.54, 1.807) is 47.9 Å². The van der Waals surface area contributed by atoms with Gasteiger partial charge in [0.2, 0.25) is 10.0 Å². The highest BCUT2D eigenvalue weighted by Crippen LogP contribution is 2.22. The molecule has 0 fully saturated rings. The van der Waals surface area contributed by atoms with Crippen molar-refractivity contribution in [2.45, 2.75) is 24.9 Å². The van der Waals surface area contributed by atoms with Gasteiger partial charge in [-0.1, -0.05) is 12.1 Å². The molecule has 0 N–H and O–H groups in total. The second-order valence-electron chi connectivity index (χ2n) is 5.30. The first-order valence-electron chi connectivity index (χ1n) is 7.16. The molecule has 2 aromatic heterocycles. The van der Waals surface area contributed by atoms with Crippen LogP contribution in [0.1, 0.15) is 16.9 Å².